The SMILES string of the molecule is CCC1CN(C(=O)c2cc(OC)c(OC)c(OC)c2)c2ccccc2O1. The molecular weight excluding hydrogens is 334 g/mol. The van der Waals surface area contributed by atoms with Gasteiger partial charge < -0.3 is 23.8 Å². The lowest BCUT2D eigenvalue weighted by molar-refractivity contribution is 0.0953. The van der Waals surface area contributed by atoms with Crippen LogP contribution in [0.3, 0.4) is 0 Å². The van der Waals surface area contributed by atoms with Gasteiger partial charge in [-0.2, -0.15) is 0 Å². The van der Waals surface area contributed by atoms with Crippen LogP contribution in [0.2, 0.25) is 0 Å². The molecule has 1 amide bonds. The average Bonchev–Trinajstić information content (AvgIpc) is 2.70. The van der Waals surface area contributed by atoms with E-state index < -0.39 is 0 Å². The van der Waals surface area contributed by atoms with Crippen molar-refractivity contribution in [3.63, 3.8) is 0 Å². The molecule has 6 heteroatoms. The van der Waals surface area contributed by atoms with E-state index in [1.54, 1.807) is 17.0 Å². The predicted octanol–water partition coefficient (Wildman–Crippen LogP) is 3.53. The number of ether oxygens (including phenoxy) is 4. The Bertz CT molecular complexity index is 780. The zero-order valence-corrected chi connectivity index (χ0v) is 15.4. The van der Waals surface area contributed by atoms with Gasteiger partial charge in [0.15, 0.2) is 11.5 Å². The summed E-state index contributed by atoms with van der Waals surface area (Å²) in [6.07, 6.45) is 0.767. The predicted molar refractivity (Wildman–Crippen MR) is 98.9 cm³/mol. The van der Waals surface area contributed by atoms with Gasteiger partial charge in [0.1, 0.15) is 11.9 Å². The molecule has 6 nitrogen and oxygen atoms in total. The van der Waals surface area contributed by atoms with Gasteiger partial charge in [0, 0.05) is 5.56 Å². The smallest absolute Gasteiger partial charge is 0.258 e. The zero-order valence-electron chi connectivity index (χ0n) is 15.4. The van der Waals surface area contributed by atoms with Crippen molar-refractivity contribution in [3.8, 4) is 23.0 Å². The maximum Gasteiger partial charge on any atom is 0.258 e. The molecule has 1 atom stereocenters. The van der Waals surface area contributed by atoms with Gasteiger partial charge in [0.25, 0.3) is 5.91 Å². The number of amides is 1. The normalized spacial score (nSPS) is 15.7. The third kappa shape index (κ3) is 3.14. The van der Waals surface area contributed by atoms with Crippen LogP contribution in [0.1, 0.15) is 23.7 Å². The summed E-state index contributed by atoms with van der Waals surface area (Å²) < 4.78 is 22.0. The Labute approximate surface area is 153 Å². The van der Waals surface area contributed by atoms with Crippen molar-refractivity contribution >= 4 is 11.6 Å². The molecule has 1 aliphatic heterocycles. The van der Waals surface area contributed by atoms with E-state index in [1.165, 1.54) is 21.3 Å². The van der Waals surface area contributed by atoms with Crippen LogP contribution in [0.5, 0.6) is 23.0 Å². The first-order valence-electron chi connectivity index (χ1n) is 8.50. The van der Waals surface area contributed by atoms with Crippen LogP contribution >= 0.6 is 0 Å². The van der Waals surface area contributed by atoms with Gasteiger partial charge in [0.05, 0.1) is 33.6 Å². The van der Waals surface area contributed by atoms with Crippen LogP contribution in [0.15, 0.2) is 36.4 Å². The van der Waals surface area contributed by atoms with Crippen LogP contribution in [0.25, 0.3) is 0 Å². The van der Waals surface area contributed by atoms with E-state index in [0.717, 1.165) is 12.1 Å². The summed E-state index contributed by atoms with van der Waals surface area (Å²) in [5.74, 6) is 1.93. The second kappa shape index (κ2) is 7.56. The maximum atomic E-state index is 13.3. The minimum Gasteiger partial charge on any atom is -0.493 e. The largest absolute Gasteiger partial charge is 0.493 e. The summed E-state index contributed by atoms with van der Waals surface area (Å²) in [5.41, 5.74) is 1.22. The van der Waals surface area contributed by atoms with E-state index in [1.807, 2.05) is 31.2 Å². The highest BCUT2D eigenvalue weighted by Crippen LogP contribution is 2.40. The van der Waals surface area contributed by atoms with E-state index in [9.17, 15) is 4.79 Å². The van der Waals surface area contributed by atoms with E-state index in [4.69, 9.17) is 18.9 Å². The minimum absolute atomic E-state index is 0.0455. The van der Waals surface area contributed by atoms with Crippen LogP contribution in [0, 0.1) is 0 Å². The number of benzene rings is 2. The third-order valence-electron chi connectivity index (χ3n) is 4.45. The first-order valence-corrected chi connectivity index (χ1v) is 8.50. The summed E-state index contributed by atoms with van der Waals surface area (Å²) in [5, 5.41) is 0. The van der Waals surface area contributed by atoms with Crippen LogP contribution in [0.4, 0.5) is 5.69 Å². The first kappa shape index (κ1) is 17.9. The summed E-state index contributed by atoms with van der Waals surface area (Å²) >= 11 is 0. The monoisotopic (exact) mass is 357 g/mol. The summed E-state index contributed by atoms with van der Waals surface area (Å²) in [6, 6.07) is 10.9. The Morgan fingerprint density at radius 3 is 2.35 bits per heavy atom. The van der Waals surface area contributed by atoms with Crippen molar-refractivity contribution in [1.29, 1.82) is 0 Å². The van der Waals surface area contributed by atoms with Gasteiger partial charge in [-0.1, -0.05) is 19.1 Å². The van der Waals surface area contributed by atoms with Gasteiger partial charge in [-0.05, 0) is 30.7 Å². The molecule has 138 valence electrons. The fourth-order valence-corrected chi connectivity index (χ4v) is 3.06. The average molecular weight is 357 g/mol. The van der Waals surface area contributed by atoms with Crippen molar-refractivity contribution < 1.29 is 23.7 Å². The van der Waals surface area contributed by atoms with Crippen LogP contribution < -0.4 is 23.8 Å². The third-order valence-corrected chi connectivity index (χ3v) is 4.45. The summed E-state index contributed by atoms with van der Waals surface area (Å²) in [7, 11) is 4.59. The van der Waals surface area contributed by atoms with Gasteiger partial charge in [-0.15, -0.1) is 0 Å². The number of para-hydroxylation sites is 2. The van der Waals surface area contributed by atoms with Crippen molar-refractivity contribution in [2.24, 2.45) is 0 Å². The highest BCUT2D eigenvalue weighted by Gasteiger charge is 2.30. The second-order valence-corrected chi connectivity index (χ2v) is 5.95. The summed E-state index contributed by atoms with van der Waals surface area (Å²) in [6.45, 7) is 2.53. The number of methoxy groups -OCH3 is 3. The topological polar surface area (TPSA) is 57.2 Å². The number of carbonyl (C=O) groups excluding carboxylic acids is 1. The number of fused-ring (bicyclic) bond motifs is 1. The van der Waals surface area contributed by atoms with Crippen LogP contribution in [-0.4, -0.2) is 39.9 Å². The van der Waals surface area contributed by atoms with Crippen LogP contribution in [-0.2, 0) is 0 Å². The molecule has 2 aromatic carbocycles. The molecule has 1 aliphatic rings. The number of rotatable bonds is 5. The van der Waals surface area contributed by atoms with Crippen molar-refractivity contribution in [3.05, 3.63) is 42.0 Å². The Balaban J connectivity index is 2.04. The molecule has 1 unspecified atom stereocenters. The second-order valence-electron chi connectivity index (χ2n) is 5.95. The molecule has 0 saturated carbocycles. The number of nitrogens with zero attached hydrogens (tertiary/aromatic N) is 1. The molecule has 3 rings (SSSR count). The molecule has 0 fully saturated rings. The quantitative estimate of drug-likeness (QED) is 0.819. The first-order chi connectivity index (χ1) is 12.6. The fourth-order valence-electron chi connectivity index (χ4n) is 3.06. The Hall–Kier alpha value is -2.89. The molecule has 0 aromatic heterocycles. The molecule has 0 bridgehead atoms. The molecule has 0 saturated heterocycles. The Kier molecular flexibility index (Phi) is 5.21. The van der Waals surface area contributed by atoms with Gasteiger partial charge in [-0.25, -0.2) is 0 Å². The van der Waals surface area contributed by atoms with Gasteiger partial charge in [0.2, 0.25) is 5.75 Å². The summed E-state index contributed by atoms with van der Waals surface area (Å²) in [4.78, 5) is 15.0. The van der Waals surface area contributed by atoms with E-state index in [-0.39, 0.29) is 12.0 Å². The molecular formula is C20H23NO5. The minimum atomic E-state index is -0.140. The highest BCUT2D eigenvalue weighted by atomic mass is 16.5. The highest BCUT2D eigenvalue weighted by molar-refractivity contribution is 6.08. The lowest BCUT2D eigenvalue weighted by Gasteiger charge is -2.34. The molecule has 0 spiro atoms. The molecule has 1 heterocycles. The van der Waals surface area contributed by atoms with Crippen molar-refractivity contribution in [1.82, 2.24) is 0 Å². The van der Waals surface area contributed by atoms with E-state index >= 15 is 0 Å². The lowest BCUT2D eigenvalue weighted by Crippen LogP contribution is -2.43. The van der Waals surface area contributed by atoms with E-state index in [0.29, 0.717) is 35.1 Å². The molecule has 0 N–H and O–H groups in total. The standard InChI is InChI=1S/C20H23NO5/c1-5-14-12-21(15-8-6-7-9-16(15)26-14)20(22)13-10-17(23-2)19(25-4)18(11-13)24-3/h6-11,14H,5,12H2,1-4H3. The number of hydrogen-bond donors (Lipinski definition) is 0. The van der Waals surface area contributed by atoms with E-state index in [2.05, 4.69) is 0 Å². The number of anilines is 1. The van der Waals surface area contributed by atoms with Gasteiger partial charge in [-0.3, -0.25) is 4.79 Å². The zero-order chi connectivity index (χ0) is 18.7. The molecule has 0 radical (unpaired) electrons. The molecule has 26 heavy (non-hydrogen) atoms. The van der Waals surface area contributed by atoms with Crippen molar-refractivity contribution in [2.45, 2.75) is 19.4 Å². The Morgan fingerprint density at radius 2 is 1.77 bits per heavy atom. The number of carbonyl (C=O) groups is 1. The number of hydrogen-bond acceptors (Lipinski definition) is 5. The molecule has 2 aromatic rings. The fraction of sp³-hybridized carbons (Fsp3) is 0.350. The molecule has 0 aliphatic carbocycles. The van der Waals surface area contributed by atoms with Crippen molar-refractivity contribution in [2.75, 3.05) is 32.8 Å². The maximum absolute atomic E-state index is 13.3. The Morgan fingerprint density at radius 1 is 1.12 bits per heavy atom. The lowest BCUT2D eigenvalue weighted by atomic mass is 10.1. The van der Waals surface area contributed by atoms with Gasteiger partial charge >= 0.3 is 0 Å².